The summed E-state index contributed by atoms with van der Waals surface area (Å²) < 4.78 is 2.54. The third kappa shape index (κ3) is 7.36. The van der Waals surface area contributed by atoms with E-state index in [1.807, 2.05) is 24.3 Å². The van der Waals surface area contributed by atoms with Crippen molar-refractivity contribution < 1.29 is 30.3 Å². The summed E-state index contributed by atoms with van der Waals surface area (Å²) in [4.78, 5) is 20.5. The number of nitro groups is 2. The lowest BCUT2D eigenvalue weighted by Gasteiger charge is -2.27. The second-order valence-corrected chi connectivity index (χ2v) is 14.2. The molecule has 0 bridgehead atoms. The van der Waals surface area contributed by atoms with Gasteiger partial charge in [-0.1, -0.05) is 39.8 Å². The van der Waals surface area contributed by atoms with Crippen molar-refractivity contribution in [1.82, 2.24) is 0 Å². The molecule has 0 unspecified atom stereocenters. The summed E-state index contributed by atoms with van der Waals surface area (Å²) in [6, 6.07) is 15.5. The number of hydrogen-bond acceptors (Lipinski definition) is 8. The molecule has 232 valence electrons. The highest BCUT2D eigenvalue weighted by Crippen LogP contribution is 2.43. The fourth-order valence-electron chi connectivity index (χ4n) is 4.30. The van der Waals surface area contributed by atoms with E-state index in [0.717, 1.165) is 11.1 Å². The van der Waals surface area contributed by atoms with Gasteiger partial charge in [-0.3, -0.25) is 20.2 Å². The van der Waals surface area contributed by atoms with Crippen molar-refractivity contribution in [3.63, 3.8) is 0 Å². The second-order valence-electron chi connectivity index (χ2n) is 10.7. The highest BCUT2D eigenvalue weighted by Gasteiger charge is 2.29. The van der Waals surface area contributed by atoms with Crippen molar-refractivity contribution in [2.24, 2.45) is 0 Å². The van der Waals surface area contributed by atoms with Crippen molar-refractivity contribution in [3.05, 3.63) is 121 Å². The number of benzene rings is 4. The molecule has 44 heavy (non-hydrogen) atoms. The van der Waals surface area contributed by atoms with Crippen LogP contribution in [-0.4, -0.2) is 30.3 Å². The highest BCUT2D eigenvalue weighted by atomic mass is 79.9. The molecule has 4 N–H and O–H groups in total. The van der Waals surface area contributed by atoms with Gasteiger partial charge < -0.3 is 20.4 Å². The number of nitrogens with zero attached hydrogens (tertiary/aromatic N) is 2. The molecule has 4 aromatic carbocycles. The minimum absolute atomic E-state index is 0.183. The summed E-state index contributed by atoms with van der Waals surface area (Å²) in [6.07, 6.45) is 0. The van der Waals surface area contributed by atoms with E-state index < -0.39 is 38.1 Å². The summed E-state index contributed by atoms with van der Waals surface area (Å²) >= 11 is 13.5. The Kier molecular flexibility index (Phi) is 10.8. The lowest BCUT2D eigenvalue weighted by Crippen LogP contribution is -2.19. The zero-order valence-electron chi connectivity index (χ0n) is 23.6. The van der Waals surface area contributed by atoms with Gasteiger partial charge in [0.1, 0.15) is 11.5 Å². The van der Waals surface area contributed by atoms with E-state index in [1.165, 1.54) is 36.4 Å². The lowest BCUT2D eigenvalue weighted by molar-refractivity contribution is -0.386. The van der Waals surface area contributed by atoms with Gasteiger partial charge in [0.15, 0.2) is 11.5 Å². The summed E-state index contributed by atoms with van der Waals surface area (Å²) in [6.45, 7) is 7.64. The Labute approximate surface area is 286 Å². The van der Waals surface area contributed by atoms with Crippen LogP contribution in [-0.2, 0) is 10.8 Å². The molecule has 0 amide bonds. The molecule has 0 aliphatic carbocycles. The molecule has 0 heterocycles. The van der Waals surface area contributed by atoms with Crippen LogP contribution in [0.15, 0.2) is 78.6 Å². The third-order valence-corrected chi connectivity index (χ3v) is 9.68. The van der Waals surface area contributed by atoms with Crippen LogP contribution < -0.4 is 0 Å². The number of phenols is 4. The molecule has 0 atom stereocenters. The van der Waals surface area contributed by atoms with Gasteiger partial charge in [0.25, 0.3) is 0 Å². The Bertz CT molecular complexity index is 1610. The van der Waals surface area contributed by atoms with Gasteiger partial charge in [-0.2, -0.15) is 0 Å². The van der Waals surface area contributed by atoms with E-state index in [4.69, 9.17) is 0 Å². The van der Waals surface area contributed by atoms with Crippen LogP contribution in [0.1, 0.15) is 49.9 Å². The number of phenolic OH excluding ortho intramolecular Hbond substituents is 4. The Morgan fingerprint density at radius 2 is 0.795 bits per heavy atom. The van der Waals surface area contributed by atoms with Crippen LogP contribution in [0.3, 0.4) is 0 Å². The zero-order valence-corrected chi connectivity index (χ0v) is 29.9. The van der Waals surface area contributed by atoms with Crippen LogP contribution in [0.4, 0.5) is 11.4 Å². The van der Waals surface area contributed by atoms with Gasteiger partial charge in [0.05, 0.1) is 27.7 Å². The summed E-state index contributed by atoms with van der Waals surface area (Å²) in [7, 11) is 0. The Hall–Kier alpha value is -3.20. The van der Waals surface area contributed by atoms with Gasteiger partial charge in [-0.15, -0.1) is 0 Å². The normalized spacial score (nSPS) is 11.5. The van der Waals surface area contributed by atoms with Crippen LogP contribution in [0, 0.1) is 20.2 Å². The molecular weight excluding hydrogens is 836 g/mol. The van der Waals surface area contributed by atoms with Gasteiger partial charge in [-0.25, -0.2) is 0 Å². The first-order valence-corrected chi connectivity index (χ1v) is 15.8. The maximum absolute atomic E-state index is 10.9. The monoisotopic (exact) mass is 858 g/mol. The summed E-state index contributed by atoms with van der Waals surface area (Å²) in [5.41, 5.74) is 1.07. The maximum Gasteiger partial charge on any atom is 0.310 e. The molecule has 4 rings (SSSR count). The topological polar surface area (TPSA) is 167 Å². The Balaban J connectivity index is 0.000000241. The standard InChI is InChI=1S/C15H12Br4O2.C15H14N2O6/c1-15(2,7-3-9(16)13(20)10(17)4-7)8-5-11(18)14(21)12(19)6-8;1-15(2,9-3-5-13(18)11(7-9)16(20)21)10-4-6-14(19)12(8-10)17(22)23/h3-6,20-21H,1-2H3;3-8,18-19H,1-2H3. The fourth-order valence-corrected chi connectivity index (χ4v) is 6.68. The van der Waals surface area contributed by atoms with Crippen molar-refractivity contribution >= 4 is 75.1 Å². The lowest BCUT2D eigenvalue weighted by atomic mass is 9.78. The molecule has 0 radical (unpaired) electrons. The van der Waals surface area contributed by atoms with Gasteiger partial charge in [-0.05, 0) is 122 Å². The van der Waals surface area contributed by atoms with Crippen LogP contribution in [0.25, 0.3) is 0 Å². The first-order valence-electron chi connectivity index (χ1n) is 12.6. The quantitative estimate of drug-likeness (QED) is 0.110. The fraction of sp³-hybridized carbons (Fsp3) is 0.200. The number of aromatic hydroxyl groups is 4. The van der Waals surface area contributed by atoms with E-state index in [0.29, 0.717) is 29.0 Å². The highest BCUT2D eigenvalue weighted by molar-refractivity contribution is 9.11. The van der Waals surface area contributed by atoms with Crippen molar-refractivity contribution in [2.75, 3.05) is 0 Å². The van der Waals surface area contributed by atoms with E-state index in [2.05, 4.69) is 77.6 Å². The predicted molar refractivity (Wildman–Crippen MR) is 181 cm³/mol. The molecule has 10 nitrogen and oxygen atoms in total. The first-order chi connectivity index (χ1) is 20.3. The second kappa shape index (κ2) is 13.4. The predicted octanol–water partition coefficient (Wildman–Crippen LogP) is 9.71. The minimum Gasteiger partial charge on any atom is -0.506 e. The molecule has 0 saturated heterocycles. The molecular formula is C30H26Br4N2O8. The minimum atomic E-state index is -0.809. The first kappa shape index (κ1) is 35.3. The van der Waals surface area contributed by atoms with E-state index in [9.17, 15) is 40.7 Å². The average molecular weight is 862 g/mol. The molecule has 0 fully saturated rings. The van der Waals surface area contributed by atoms with Crippen molar-refractivity contribution in [3.8, 4) is 23.0 Å². The van der Waals surface area contributed by atoms with Crippen LogP contribution in [0.2, 0.25) is 0 Å². The third-order valence-electron chi connectivity index (χ3n) is 7.26. The summed E-state index contributed by atoms with van der Waals surface area (Å²) in [5.74, 6) is -0.539. The molecule has 0 saturated carbocycles. The number of rotatable bonds is 6. The maximum atomic E-state index is 10.9. The van der Waals surface area contributed by atoms with E-state index in [-0.39, 0.29) is 16.9 Å². The summed E-state index contributed by atoms with van der Waals surface area (Å²) in [5, 5.41) is 60.7. The number of hydrogen-bond donors (Lipinski definition) is 4. The Morgan fingerprint density at radius 1 is 0.523 bits per heavy atom. The molecule has 0 aromatic heterocycles. The number of halogens is 4. The molecule has 14 heteroatoms. The molecule has 0 aliphatic rings. The van der Waals surface area contributed by atoms with Crippen molar-refractivity contribution in [2.45, 2.75) is 38.5 Å². The smallest absolute Gasteiger partial charge is 0.310 e. The molecule has 0 aliphatic heterocycles. The van der Waals surface area contributed by atoms with Crippen molar-refractivity contribution in [1.29, 1.82) is 0 Å². The van der Waals surface area contributed by atoms with Crippen LogP contribution in [0.5, 0.6) is 23.0 Å². The van der Waals surface area contributed by atoms with Gasteiger partial charge >= 0.3 is 11.4 Å². The van der Waals surface area contributed by atoms with Crippen LogP contribution >= 0.6 is 63.7 Å². The van der Waals surface area contributed by atoms with E-state index in [1.54, 1.807) is 13.8 Å². The SMILES string of the molecule is CC(C)(c1cc(Br)c(O)c(Br)c1)c1cc(Br)c(O)c(Br)c1.CC(C)(c1ccc(O)c([N+](=O)[O-])c1)c1ccc(O)c([N+](=O)[O-])c1. The Morgan fingerprint density at radius 3 is 1.07 bits per heavy atom. The van der Waals surface area contributed by atoms with E-state index >= 15 is 0 Å². The molecule has 4 aromatic rings. The van der Waals surface area contributed by atoms with Gasteiger partial charge in [0.2, 0.25) is 0 Å². The molecule has 0 spiro atoms. The van der Waals surface area contributed by atoms with Gasteiger partial charge in [0, 0.05) is 23.0 Å². The zero-order chi connectivity index (χ0) is 33.3. The number of nitro benzene ring substituents is 2. The average Bonchev–Trinajstić information content (AvgIpc) is 2.94. The largest absolute Gasteiger partial charge is 0.506 e.